The molecule has 2 rings (SSSR count). The van der Waals surface area contributed by atoms with Crippen LogP contribution in [-0.4, -0.2) is 37.5 Å². The summed E-state index contributed by atoms with van der Waals surface area (Å²) < 4.78 is 24.5. The van der Waals surface area contributed by atoms with E-state index in [1.807, 2.05) is 7.05 Å². The predicted molar refractivity (Wildman–Crippen MR) is 70.1 cm³/mol. The van der Waals surface area contributed by atoms with Crippen molar-refractivity contribution in [1.82, 2.24) is 15.1 Å². The van der Waals surface area contributed by atoms with E-state index >= 15 is 0 Å². The third kappa shape index (κ3) is 3.11. The zero-order valence-electron chi connectivity index (χ0n) is 11.0. The lowest BCUT2D eigenvalue weighted by Gasteiger charge is -2.22. The van der Waals surface area contributed by atoms with Gasteiger partial charge in [-0.1, -0.05) is 12.8 Å². The summed E-state index contributed by atoms with van der Waals surface area (Å²) in [6, 6.07) is 0.375. The molecule has 0 bridgehead atoms. The molecule has 5 nitrogen and oxygen atoms in total. The molecule has 1 N–H and O–H groups in total. The van der Waals surface area contributed by atoms with Gasteiger partial charge >= 0.3 is 0 Å². The highest BCUT2D eigenvalue weighted by Gasteiger charge is 2.24. The van der Waals surface area contributed by atoms with E-state index in [4.69, 9.17) is 0 Å². The molecule has 1 aliphatic rings. The van der Waals surface area contributed by atoms with Crippen molar-refractivity contribution in [3.05, 3.63) is 12.4 Å². The second-order valence-electron chi connectivity index (χ2n) is 5.11. The number of nitrogens with zero attached hydrogens (tertiary/aromatic N) is 2. The molecule has 1 aromatic heterocycles. The Morgan fingerprint density at radius 2 is 2.17 bits per heavy atom. The van der Waals surface area contributed by atoms with Gasteiger partial charge in [-0.2, -0.15) is 5.10 Å². The van der Waals surface area contributed by atoms with E-state index in [1.54, 1.807) is 10.9 Å². The molecule has 0 saturated heterocycles. The van der Waals surface area contributed by atoms with Gasteiger partial charge in [-0.15, -0.1) is 0 Å². The first-order chi connectivity index (χ1) is 8.50. The summed E-state index contributed by atoms with van der Waals surface area (Å²) in [7, 11) is -1.19. The third-order valence-corrected chi connectivity index (χ3v) is 4.83. The summed E-state index contributed by atoms with van der Waals surface area (Å²) in [6.45, 7) is 0.733. The minimum Gasteiger partial charge on any atom is -0.315 e. The number of rotatable bonds is 5. The van der Waals surface area contributed by atoms with Crippen LogP contribution in [-0.2, 0) is 16.4 Å². The van der Waals surface area contributed by atoms with E-state index < -0.39 is 9.84 Å². The second-order valence-corrected chi connectivity index (χ2v) is 7.13. The van der Waals surface area contributed by atoms with Gasteiger partial charge in [-0.05, 0) is 25.8 Å². The van der Waals surface area contributed by atoms with Gasteiger partial charge in [-0.25, -0.2) is 8.42 Å². The van der Waals surface area contributed by atoms with E-state index in [2.05, 4.69) is 10.4 Å². The number of likely N-dealkylation sites (N-methyl/N-ethyl adjacent to an activating group) is 1. The number of nitrogens with one attached hydrogen (secondary N) is 1. The highest BCUT2D eigenvalue weighted by Crippen LogP contribution is 2.28. The Morgan fingerprint density at radius 3 is 2.67 bits per heavy atom. The molecule has 0 radical (unpaired) electrons. The fourth-order valence-corrected chi connectivity index (χ4v) is 3.23. The van der Waals surface area contributed by atoms with Crippen LogP contribution in [0.25, 0.3) is 0 Å². The van der Waals surface area contributed by atoms with Crippen LogP contribution in [0.15, 0.2) is 17.3 Å². The summed E-state index contributed by atoms with van der Waals surface area (Å²) in [5.74, 6) is 0.681. The van der Waals surface area contributed by atoms with Gasteiger partial charge in [0.25, 0.3) is 0 Å². The molecular formula is C12H21N3O2S. The van der Waals surface area contributed by atoms with Gasteiger partial charge in [0, 0.05) is 18.5 Å². The molecule has 0 aromatic carbocycles. The highest BCUT2D eigenvalue weighted by molar-refractivity contribution is 7.90. The molecule has 1 fully saturated rings. The maximum atomic E-state index is 11.4. The SMILES string of the molecule is CNC(Cn1cc(S(C)(=O)=O)cn1)C1CCCC1. The molecule has 0 aliphatic heterocycles. The summed E-state index contributed by atoms with van der Waals surface area (Å²) in [6.07, 6.45) is 9.37. The van der Waals surface area contributed by atoms with Gasteiger partial charge in [0.05, 0.1) is 12.7 Å². The fraction of sp³-hybridized carbons (Fsp3) is 0.750. The van der Waals surface area contributed by atoms with Crippen LogP contribution in [0.3, 0.4) is 0 Å². The smallest absolute Gasteiger partial charge is 0.178 e. The van der Waals surface area contributed by atoms with Crippen LogP contribution < -0.4 is 5.32 Å². The van der Waals surface area contributed by atoms with Crippen LogP contribution >= 0.6 is 0 Å². The molecule has 18 heavy (non-hydrogen) atoms. The fourth-order valence-electron chi connectivity index (χ4n) is 2.67. The van der Waals surface area contributed by atoms with Crippen molar-refractivity contribution in [3.8, 4) is 0 Å². The van der Waals surface area contributed by atoms with Crippen LogP contribution in [0.2, 0.25) is 0 Å². The molecule has 0 spiro atoms. The van der Waals surface area contributed by atoms with Crippen molar-refractivity contribution < 1.29 is 8.42 Å². The standard InChI is InChI=1S/C12H21N3O2S/c1-13-12(10-5-3-4-6-10)9-15-8-11(7-14-15)18(2,16)17/h7-8,10,12-13H,3-6,9H2,1-2H3. The lowest BCUT2D eigenvalue weighted by molar-refractivity contribution is 0.328. The van der Waals surface area contributed by atoms with Crippen LogP contribution in [0, 0.1) is 5.92 Å². The number of hydrogen-bond donors (Lipinski definition) is 1. The molecule has 1 heterocycles. The first-order valence-electron chi connectivity index (χ1n) is 6.40. The Labute approximate surface area is 108 Å². The Kier molecular flexibility index (Phi) is 4.07. The quantitative estimate of drug-likeness (QED) is 0.870. The molecule has 102 valence electrons. The number of sulfone groups is 1. The van der Waals surface area contributed by atoms with Gasteiger partial charge in [0.2, 0.25) is 0 Å². The van der Waals surface area contributed by atoms with E-state index in [-0.39, 0.29) is 0 Å². The maximum absolute atomic E-state index is 11.4. The Balaban J connectivity index is 2.05. The maximum Gasteiger partial charge on any atom is 0.178 e. The van der Waals surface area contributed by atoms with Gasteiger partial charge in [-0.3, -0.25) is 4.68 Å². The molecule has 1 atom stereocenters. The minimum absolute atomic E-state index is 0.295. The first kappa shape index (κ1) is 13.5. The summed E-state index contributed by atoms with van der Waals surface area (Å²) in [5, 5.41) is 7.47. The highest BCUT2D eigenvalue weighted by atomic mass is 32.2. The molecule has 1 aliphatic carbocycles. The Hall–Kier alpha value is -0.880. The third-order valence-electron chi connectivity index (χ3n) is 3.76. The predicted octanol–water partition coefficient (Wildman–Crippen LogP) is 1.06. The van der Waals surface area contributed by atoms with Gasteiger partial charge < -0.3 is 5.32 Å². The van der Waals surface area contributed by atoms with Crippen LogP contribution in [0.5, 0.6) is 0 Å². The van der Waals surface area contributed by atoms with Gasteiger partial charge in [0.1, 0.15) is 4.90 Å². The van der Waals surface area contributed by atoms with E-state index in [0.29, 0.717) is 16.9 Å². The largest absolute Gasteiger partial charge is 0.315 e. The first-order valence-corrected chi connectivity index (χ1v) is 8.29. The molecule has 6 heteroatoms. The van der Waals surface area contributed by atoms with E-state index in [0.717, 1.165) is 6.54 Å². The molecule has 0 amide bonds. The lowest BCUT2D eigenvalue weighted by Crippen LogP contribution is -2.36. The Morgan fingerprint density at radius 1 is 1.50 bits per heavy atom. The van der Waals surface area contributed by atoms with Gasteiger partial charge in [0.15, 0.2) is 9.84 Å². The van der Waals surface area contributed by atoms with E-state index in [1.165, 1.54) is 38.1 Å². The van der Waals surface area contributed by atoms with Crippen molar-refractivity contribution in [1.29, 1.82) is 0 Å². The summed E-state index contributed by atoms with van der Waals surface area (Å²) in [4.78, 5) is 0.295. The van der Waals surface area contributed by atoms with Crippen molar-refractivity contribution in [3.63, 3.8) is 0 Å². The van der Waals surface area contributed by atoms with Crippen LogP contribution in [0.1, 0.15) is 25.7 Å². The van der Waals surface area contributed by atoms with Crippen LogP contribution in [0.4, 0.5) is 0 Å². The number of hydrogen-bond acceptors (Lipinski definition) is 4. The van der Waals surface area contributed by atoms with Crippen molar-refractivity contribution in [2.45, 2.75) is 43.2 Å². The second kappa shape index (κ2) is 5.40. The number of aromatic nitrogens is 2. The zero-order chi connectivity index (χ0) is 13.2. The topological polar surface area (TPSA) is 64.0 Å². The lowest BCUT2D eigenvalue weighted by atomic mass is 9.98. The monoisotopic (exact) mass is 271 g/mol. The van der Waals surface area contributed by atoms with Crippen molar-refractivity contribution >= 4 is 9.84 Å². The normalized spacial score (nSPS) is 19.2. The van der Waals surface area contributed by atoms with E-state index in [9.17, 15) is 8.42 Å². The Bertz CT molecular complexity index is 489. The molecule has 1 aromatic rings. The average Bonchev–Trinajstić information content (AvgIpc) is 2.95. The zero-order valence-corrected chi connectivity index (χ0v) is 11.8. The molecule has 1 saturated carbocycles. The molecular weight excluding hydrogens is 250 g/mol. The van der Waals surface area contributed by atoms with Crippen molar-refractivity contribution in [2.24, 2.45) is 5.92 Å². The molecule has 1 unspecified atom stereocenters. The summed E-state index contributed by atoms with van der Waals surface area (Å²) in [5.41, 5.74) is 0. The van der Waals surface area contributed by atoms with Crippen molar-refractivity contribution in [2.75, 3.05) is 13.3 Å². The average molecular weight is 271 g/mol. The summed E-state index contributed by atoms with van der Waals surface area (Å²) >= 11 is 0. The minimum atomic E-state index is -3.15.